The normalized spacial score (nSPS) is 14.3. The minimum atomic E-state index is -0.602. The summed E-state index contributed by atoms with van der Waals surface area (Å²) in [5.41, 5.74) is 0.971. The SMILES string of the molecule is O=C(Nc1nnc(C2CCCCC2)s1)c1ccc(C(=O)C(=O)c2ccccc2)cc1. The van der Waals surface area contributed by atoms with Crippen LogP contribution in [0.2, 0.25) is 0 Å². The summed E-state index contributed by atoms with van der Waals surface area (Å²) >= 11 is 1.42. The van der Waals surface area contributed by atoms with Crippen LogP contribution in [0.3, 0.4) is 0 Å². The van der Waals surface area contributed by atoms with Gasteiger partial charge in [-0.15, -0.1) is 10.2 Å². The zero-order valence-corrected chi connectivity index (χ0v) is 17.2. The molecule has 1 aliphatic carbocycles. The van der Waals surface area contributed by atoms with Gasteiger partial charge in [-0.1, -0.05) is 73.1 Å². The summed E-state index contributed by atoms with van der Waals surface area (Å²) in [5.74, 6) is -1.06. The average Bonchev–Trinajstić information content (AvgIpc) is 3.28. The molecule has 0 bridgehead atoms. The summed E-state index contributed by atoms with van der Waals surface area (Å²) in [6, 6.07) is 14.5. The minimum Gasteiger partial charge on any atom is -0.296 e. The molecule has 1 aliphatic rings. The second-order valence-corrected chi connectivity index (χ2v) is 8.35. The fourth-order valence-corrected chi connectivity index (χ4v) is 4.50. The first-order chi connectivity index (χ1) is 14.6. The van der Waals surface area contributed by atoms with E-state index in [4.69, 9.17) is 0 Å². The Bertz CT molecular complexity index is 1050. The Hall–Kier alpha value is -3.19. The number of Topliss-reactive ketones (excluding diaryl/α,β-unsaturated/α-hetero) is 2. The molecule has 152 valence electrons. The summed E-state index contributed by atoms with van der Waals surface area (Å²) in [7, 11) is 0. The molecule has 3 aromatic rings. The van der Waals surface area contributed by atoms with Crippen LogP contribution in [-0.4, -0.2) is 27.7 Å². The first-order valence-electron chi connectivity index (χ1n) is 10.0. The third-order valence-electron chi connectivity index (χ3n) is 5.27. The Morgan fingerprint density at radius 2 is 1.37 bits per heavy atom. The van der Waals surface area contributed by atoms with Gasteiger partial charge in [-0.2, -0.15) is 0 Å². The molecule has 0 unspecified atom stereocenters. The molecule has 0 saturated heterocycles. The maximum atomic E-state index is 12.5. The van der Waals surface area contributed by atoms with Gasteiger partial charge in [0.05, 0.1) is 0 Å². The van der Waals surface area contributed by atoms with E-state index in [-0.39, 0.29) is 11.5 Å². The van der Waals surface area contributed by atoms with Crippen LogP contribution >= 0.6 is 11.3 Å². The van der Waals surface area contributed by atoms with E-state index in [2.05, 4.69) is 15.5 Å². The van der Waals surface area contributed by atoms with Crippen LogP contribution in [0.5, 0.6) is 0 Å². The lowest BCUT2D eigenvalue weighted by atomic mass is 9.90. The monoisotopic (exact) mass is 419 g/mol. The van der Waals surface area contributed by atoms with Gasteiger partial charge in [-0.05, 0) is 25.0 Å². The maximum Gasteiger partial charge on any atom is 0.257 e. The van der Waals surface area contributed by atoms with Gasteiger partial charge >= 0.3 is 0 Å². The van der Waals surface area contributed by atoms with Gasteiger partial charge in [0.2, 0.25) is 16.7 Å². The van der Waals surface area contributed by atoms with E-state index in [0.29, 0.717) is 22.2 Å². The fourth-order valence-electron chi connectivity index (χ4n) is 3.59. The molecule has 1 N–H and O–H groups in total. The Morgan fingerprint density at radius 1 is 0.767 bits per heavy atom. The molecule has 1 fully saturated rings. The maximum absolute atomic E-state index is 12.5. The van der Waals surface area contributed by atoms with E-state index < -0.39 is 11.6 Å². The van der Waals surface area contributed by atoms with Crippen LogP contribution in [0, 0.1) is 0 Å². The van der Waals surface area contributed by atoms with Gasteiger partial charge in [0.25, 0.3) is 5.91 Å². The Labute approximate surface area is 178 Å². The van der Waals surface area contributed by atoms with Crippen molar-refractivity contribution in [1.29, 1.82) is 0 Å². The molecule has 0 spiro atoms. The molecule has 1 amide bonds. The quantitative estimate of drug-likeness (QED) is 0.453. The number of carbonyl (C=O) groups is 3. The summed E-state index contributed by atoms with van der Waals surface area (Å²) in [5, 5.41) is 12.6. The van der Waals surface area contributed by atoms with E-state index in [0.717, 1.165) is 17.8 Å². The van der Waals surface area contributed by atoms with Gasteiger partial charge in [-0.25, -0.2) is 0 Å². The van der Waals surface area contributed by atoms with Gasteiger partial charge in [0.1, 0.15) is 5.01 Å². The zero-order valence-electron chi connectivity index (χ0n) is 16.3. The molecule has 7 heteroatoms. The second kappa shape index (κ2) is 9.09. The molecular weight excluding hydrogens is 398 g/mol. The number of carbonyl (C=O) groups excluding carboxylic acids is 3. The van der Waals surface area contributed by atoms with Crippen LogP contribution in [0.15, 0.2) is 54.6 Å². The molecule has 1 aromatic heterocycles. The zero-order chi connectivity index (χ0) is 20.9. The number of benzene rings is 2. The lowest BCUT2D eigenvalue weighted by Gasteiger charge is -2.18. The highest BCUT2D eigenvalue weighted by Crippen LogP contribution is 2.35. The number of nitrogens with one attached hydrogen (secondary N) is 1. The summed E-state index contributed by atoms with van der Waals surface area (Å²) in [6.07, 6.45) is 5.95. The van der Waals surface area contributed by atoms with Crippen molar-refractivity contribution in [2.75, 3.05) is 5.32 Å². The average molecular weight is 420 g/mol. The molecule has 1 saturated carbocycles. The van der Waals surface area contributed by atoms with E-state index in [1.165, 1.54) is 54.9 Å². The fraction of sp³-hybridized carbons (Fsp3) is 0.261. The summed E-state index contributed by atoms with van der Waals surface area (Å²) < 4.78 is 0. The molecule has 0 aliphatic heterocycles. The van der Waals surface area contributed by atoms with Crippen LogP contribution in [0.1, 0.15) is 74.1 Å². The third kappa shape index (κ3) is 4.52. The van der Waals surface area contributed by atoms with Crippen LogP contribution in [0.4, 0.5) is 5.13 Å². The van der Waals surface area contributed by atoms with Crippen molar-refractivity contribution in [2.24, 2.45) is 0 Å². The van der Waals surface area contributed by atoms with E-state index in [1.54, 1.807) is 30.3 Å². The molecule has 0 atom stereocenters. The summed E-state index contributed by atoms with van der Waals surface area (Å²) in [4.78, 5) is 37.2. The topological polar surface area (TPSA) is 89.0 Å². The van der Waals surface area contributed by atoms with Crippen molar-refractivity contribution in [3.8, 4) is 0 Å². The molecule has 4 rings (SSSR count). The van der Waals surface area contributed by atoms with Crippen molar-refractivity contribution in [1.82, 2.24) is 10.2 Å². The number of amides is 1. The van der Waals surface area contributed by atoms with Crippen LogP contribution in [0.25, 0.3) is 0 Å². The Morgan fingerprint density at radius 3 is 2.03 bits per heavy atom. The number of ketones is 2. The molecule has 2 aromatic carbocycles. The second-order valence-electron chi connectivity index (χ2n) is 7.34. The van der Waals surface area contributed by atoms with Gasteiger partial charge in [0.15, 0.2) is 0 Å². The van der Waals surface area contributed by atoms with Crippen molar-refractivity contribution < 1.29 is 14.4 Å². The highest BCUT2D eigenvalue weighted by atomic mass is 32.1. The molecule has 0 radical (unpaired) electrons. The Kier molecular flexibility index (Phi) is 6.09. The highest BCUT2D eigenvalue weighted by molar-refractivity contribution is 7.15. The molecule has 6 nitrogen and oxygen atoms in total. The van der Waals surface area contributed by atoms with E-state index in [9.17, 15) is 14.4 Å². The highest BCUT2D eigenvalue weighted by Gasteiger charge is 2.21. The number of aromatic nitrogens is 2. The molecular formula is C23H21N3O3S. The molecule has 1 heterocycles. The van der Waals surface area contributed by atoms with Crippen molar-refractivity contribution in [3.63, 3.8) is 0 Å². The minimum absolute atomic E-state index is 0.246. The van der Waals surface area contributed by atoms with E-state index in [1.807, 2.05) is 0 Å². The molecule has 30 heavy (non-hydrogen) atoms. The predicted molar refractivity (Wildman–Crippen MR) is 115 cm³/mol. The lowest BCUT2D eigenvalue weighted by molar-refractivity contribution is 0.0817. The predicted octanol–water partition coefficient (Wildman–Crippen LogP) is 4.90. The van der Waals surface area contributed by atoms with Crippen LogP contribution < -0.4 is 5.32 Å². The standard InChI is InChI=1S/C23H21N3O3S/c27-19(15-7-3-1-4-8-15)20(28)16-11-13-17(14-12-16)21(29)24-23-26-25-22(30-23)18-9-5-2-6-10-18/h1,3-4,7-8,11-14,18H,2,5-6,9-10H2,(H,24,26,29). The van der Waals surface area contributed by atoms with Crippen LogP contribution in [-0.2, 0) is 0 Å². The number of hydrogen-bond acceptors (Lipinski definition) is 6. The lowest BCUT2D eigenvalue weighted by Crippen LogP contribution is -2.15. The van der Waals surface area contributed by atoms with E-state index >= 15 is 0 Å². The largest absolute Gasteiger partial charge is 0.296 e. The number of anilines is 1. The van der Waals surface area contributed by atoms with Crippen molar-refractivity contribution >= 4 is 33.9 Å². The van der Waals surface area contributed by atoms with Gasteiger partial charge < -0.3 is 0 Å². The van der Waals surface area contributed by atoms with Crippen molar-refractivity contribution in [2.45, 2.75) is 38.0 Å². The third-order valence-corrected chi connectivity index (χ3v) is 6.27. The van der Waals surface area contributed by atoms with Gasteiger partial charge in [-0.3, -0.25) is 19.7 Å². The first-order valence-corrected chi connectivity index (χ1v) is 10.8. The van der Waals surface area contributed by atoms with Crippen molar-refractivity contribution in [3.05, 3.63) is 76.3 Å². The smallest absolute Gasteiger partial charge is 0.257 e. The number of rotatable bonds is 6. The first kappa shape index (κ1) is 20.1. The Balaban J connectivity index is 1.40. The van der Waals surface area contributed by atoms with Gasteiger partial charge in [0, 0.05) is 22.6 Å². The number of hydrogen-bond donors (Lipinski definition) is 1. The summed E-state index contributed by atoms with van der Waals surface area (Å²) in [6.45, 7) is 0. The number of nitrogens with zero attached hydrogens (tertiary/aromatic N) is 2.